The number of rotatable bonds is 7. The lowest BCUT2D eigenvalue weighted by Gasteiger charge is -2.15. The summed E-state index contributed by atoms with van der Waals surface area (Å²) >= 11 is 0. The number of hydrogen-bond donors (Lipinski definition) is 2. The Morgan fingerprint density at radius 2 is 2.33 bits per heavy atom. The van der Waals surface area contributed by atoms with Gasteiger partial charge in [-0.05, 0) is 38.1 Å². The maximum Gasteiger partial charge on any atom is 0.306 e. The average molecular weight is 215 g/mol. The first-order chi connectivity index (χ1) is 7.24. The number of carbonyl (C=O) groups is 1. The molecule has 1 aliphatic rings. The standard InChI is InChI=1S/C11H21NO3/c12-5-2-1-3-10(11(13)14)7-9-4-6-15-8-9/h9-10H,1-8,12H2,(H,13,14). The fourth-order valence-electron chi connectivity index (χ4n) is 2.05. The zero-order valence-corrected chi connectivity index (χ0v) is 9.15. The Kier molecular flexibility index (Phi) is 5.65. The number of carboxylic acid groups (broad SMARTS) is 1. The molecule has 1 heterocycles. The molecule has 1 fully saturated rings. The van der Waals surface area contributed by atoms with Crippen molar-refractivity contribution in [1.29, 1.82) is 0 Å². The molecule has 0 amide bonds. The van der Waals surface area contributed by atoms with Crippen molar-refractivity contribution in [2.24, 2.45) is 17.6 Å². The first kappa shape index (κ1) is 12.5. The lowest BCUT2D eigenvalue weighted by Crippen LogP contribution is -2.18. The lowest BCUT2D eigenvalue weighted by atomic mass is 9.90. The highest BCUT2D eigenvalue weighted by atomic mass is 16.5. The summed E-state index contributed by atoms with van der Waals surface area (Å²) in [6, 6.07) is 0. The van der Waals surface area contributed by atoms with Crippen LogP contribution in [0.4, 0.5) is 0 Å². The number of hydrogen-bond acceptors (Lipinski definition) is 3. The monoisotopic (exact) mass is 215 g/mol. The van der Waals surface area contributed by atoms with Crippen LogP contribution in [0.2, 0.25) is 0 Å². The van der Waals surface area contributed by atoms with Crippen LogP contribution in [-0.2, 0) is 9.53 Å². The molecule has 4 heteroatoms. The Hall–Kier alpha value is -0.610. The van der Waals surface area contributed by atoms with E-state index >= 15 is 0 Å². The van der Waals surface area contributed by atoms with Crippen LogP contribution in [0.3, 0.4) is 0 Å². The van der Waals surface area contributed by atoms with Crippen molar-refractivity contribution >= 4 is 5.97 Å². The van der Waals surface area contributed by atoms with Gasteiger partial charge in [0.05, 0.1) is 5.92 Å². The van der Waals surface area contributed by atoms with E-state index in [1.807, 2.05) is 0 Å². The third-order valence-corrected chi connectivity index (χ3v) is 3.00. The molecular formula is C11H21NO3. The molecule has 2 atom stereocenters. The van der Waals surface area contributed by atoms with E-state index < -0.39 is 5.97 Å². The van der Waals surface area contributed by atoms with Crippen LogP contribution in [0.5, 0.6) is 0 Å². The molecule has 0 spiro atoms. The molecule has 2 unspecified atom stereocenters. The molecule has 88 valence electrons. The van der Waals surface area contributed by atoms with Crippen molar-refractivity contribution in [1.82, 2.24) is 0 Å². The van der Waals surface area contributed by atoms with E-state index in [1.54, 1.807) is 0 Å². The van der Waals surface area contributed by atoms with Crippen molar-refractivity contribution < 1.29 is 14.6 Å². The van der Waals surface area contributed by atoms with Crippen molar-refractivity contribution in [3.8, 4) is 0 Å². The Morgan fingerprint density at radius 1 is 1.53 bits per heavy atom. The van der Waals surface area contributed by atoms with E-state index in [2.05, 4.69) is 0 Å². The molecule has 0 bridgehead atoms. The van der Waals surface area contributed by atoms with Gasteiger partial charge in [-0.15, -0.1) is 0 Å². The van der Waals surface area contributed by atoms with E-state index in [0.717, 1.165) is 45.3 Å². The molecule has 4 nitrogen and oxygen atoms in total. The molecular weight excluding hydrogens is 194 g/mol. The molecule has 0 aromatic carbocycles. The molecule has 0 aromatic heterocycles. The van der Waals surface area contributed by atoms with Gasteiger partial charge in [0.25, 0.3) is 0 Å². The largest absolute Gasteiger partial charge is 0.481 e. The number of ether oxygens (including phenoxy) is 1. The Labute approximate surface area is 90.8 Å². The van der Waals surface area contributed by atoms with Gasteiger partial charge in [-0.25, -0.2) is 0 Å². The third-order valence-electron chi connectivity index (χ3n) is 3.00. The molecule has 0 saturated carbocycles. The van der Waals surface area contributed by atoms with Crippen LogP contribution in [0.1, 0.15) is 32.1 Å². The topological polar surface area (TPSA) is 72.5 Å². The summed E-state index contributed by atoms with van der Waals surface area (Å²) in [5, 5.41) is 9.06. The molecule has 15 heavy (non-hydrogen) atoms. The van der Waals surface area contributed by atoms with Crippen LogP contribution >= 0.6 is 0 Å². The molecule has 0 aliphatic carbocycles. The highest BCUT2D eigenvalue weighted by Crippen LogP contribution is 2.24. The Bertz CT molecular complexity index is 190. The number of nitrogens with two attached hydrogens (primary N) is 1. The minimum Gasteiger partial charge on any atom is -0.481 e. The summed E-state index contributed by atoms with van der Waals surface area (Å²) in [4.78, 5) is 11.0. The van der Waals surface area contributed by atoms with Crippen molar-refractivity contribution in [3.63, 3.8) is 0 Å². The maximum absolute atomic E-state index is 11.0. The van der Waals surface area contributed by atoms with Gasteiger partial charge in [-0.3, -0.25) is 4.79 Å². The molecule has 1 rings (SSSR count). The van der Waals surface area contributed by atoms with Gasteiger partial charge >= 0.3 is 5.97 Å². The number of aliphatic carboxylic acids is 1. The molecule has 1 saturated heterocycles. The summed E-state index contributed by atoms with van der Waals surface area (Å²) in [6.07, 6.45) is 4.37. The number of unbranched alkanes of at least 4 members (excludes halogenated alkanes) is 1. The van der Waals surface area contributed by atoms with Gasteiger partial charge in [0.1, 0.15) is 0 Å². The second-order valence-corrected chi connectivity index (χ2v) is 4.28. The quantitative estimate of drug-likeness (QED) is 0.627. The molecule has 0 radical (unpaired) electrons. The summed E-state index contributed by atoms with van der Waals surface area (Å²) in [7, 11) is 0. The fraction of sp³-hybridized carbons (Fsp3) is 0.909. The second-order valence-electron chi connectivity index (χ2n) is 4.28. The predicted molar refractivity (Wildman–Crippen MR) is 57.6 cm³/mol. The minimum absolute atomic E-state index is 0.205. The normalized spacial score (nSPS) is 22.9. The van der Waals surface area contributed by atoms with Gasteiger partial charge in [-0.2, -0.15) is 0 Å². The van der Waals surface area contributed by atoms with Crippen LogP contribution in [0.15, 0.2) is 0 Å². The molecule has 1 aliphatic heterocycles. The summed E-state index contributed by atoms with van der Waals surface area (Å²) in [5.41, 5.74) is 5.39. The van der Waals surface area contributed by atoms with Crippen molar-refractivity contribution in [2.75, 3.05) is 19.8 Å². The smallest absolute Gasteiger partial charge is 0.306 e. The average Bonchev–Trinajstić information content (AvgIpc) is 2.69. The summed E-state index contributed by atoms with van der Waals surface area (Å²) < 4.78 is 5.25. The fourth-order valence-corrected chi connectivity index (χ4v) is 2.05. The zero-order valence-electron chi connectivity index (χ0n) is 9.15. The Balaban J connectivity index is 2.26. The van der Waals surface area contributed by atoms with Gasteiger partial charge in [0.15, 0.2) is 0 Å². The van der Waals surface area contributed by atoms with E-state index in [-0.39, 0.29) is 5.92 Å². The van der Waals surface area contributed by atoms with Crippen LogP contribution in [-0.4, -0.2) is 30.8 Å². The maximum atomic E-state index is 11.0. The Morgan fingerprint density at radius 3 is 2.87 bits per heavy atom. The van der Waals surface area contributed by atoms with E-state index in [9.17, 15) is 4.79 Å². The van der Waals surface area contributed by atoms with E-state index in [1.165, 1.54) is 0 Å². The molecule has 3 N–H and O–H groups in total. The van der Waals surface area contributed by atoms with Gasteiger partial charge in [-0.1, -0.05) is 6.42 Å². The zero-order chi connectivity index (χ0) is 11.1. The van der Waals surface area contributed by atoms with Crippen molar-refractivity contribution in [2.45, 2.75) is 32.1 Å². The van der Waals surface area contributed by atoms with E-state index in [0.29, 0.717) is 12.5 Å². The van der Waals surface area contributed by atoms with Crippen LogP contribution < -0.4 is 5.73 Å². The first-order valence-electron chi connectivity index (χ1n) is 5.74. The van der Waals surface area contributed by atoms with Gasteiger partial charge < -0.3 is 15.6 Å². The summed E-state index contributed by atoms with van der Waals surface area (Å²) in [5.74, 6) is -0.425. The lowest BCUT2D eigenvalue weighted by molar-refractivity contribution is -0.142. The van der Waals surface area contributed by atoms with Gasteiger partial charge in [0, 0.05) is 13.2 Å². The minimum atomic E-state index is -0.668. The summed E-state index contributed by atoms with van der Waals surface area (Å²) in [6.45, 7) is 2.18. The predicted octanol–water partition coefficient (Wildman–Crippen LogP) is 1.24. The molecule has 0 aromatic rings. The number of carboxylic acids is 1. The first-order valence-corrected chi connectivity index (χ1v) is 5.74. The third kappa shape index (κ3) is 4.62. The van der Waals surface area contributed by atoms with Crippen LogP contribution in [0.25, 0.3) is 0 Å². The van der Waals surface area contributed by atoms with Crippen LogP contribution in [0, 0.1) is 11.8 Å². The van der Waals surface area contributed by atoms with Gasteiger partial charge in [0.2, 0.25) is 0 Å². The van der Waals surface area contributed by atoms with E-state index in [4.69, 9.17) is 15.6 Å². The van der Waals surface area contributed by atoms with Crippen molar-refractivity contribution in [3.05, 3.63) is 0 Å². The SMILES string of the molecule is NCCCCC(CC1CCOC1)C(=O)O. The second kappa shape index (κ2) is 6.80. The highest BCUT2D eigenvalue weighted by Gasteiger charge is 2.24. The highest BCUT2D eigenvalue weighted by molar-refractivity contribution is 5.69.